The van der Waals surface area contributed by atoms with E-state index in [-0.39, 0.29) is 5.95 Å². The van der Waals surface area contributed by atoms with Crippen molar-refractivity contribution in [2.45, 2.75) is 46.3 Å². The highest BCUT2D eigenvalue weighted by atomic mass is 16.5. The standard InChI is InChI=1S/C17H24N4O/c1-4-8-12(2)19-16-15(13(3)20-17(18)21-16)22-11-14-9-6-5-7-10-14/h5-7,9-10,12H,4,8,11H2,1-3H3,(H3,18,19,20,21). The average molecular weight is 300 g/mol. The van der Waals surface area contributed by atoms with Gasteiger partial charge in [-0.05, 0) is 25.8 Å². The summed E-state index contributed by atoms with van der Waals surface area (Å²) in [5, 5.41) is 3.37. The van der Waals surface area contributed by atoms with E-state index in [9.17, 15) is 0 Å². The molecule has 0 spiro atoms. The summed E-state index contributed by atoms with van der Waals surface area (Å²) in [7, 11) is 0. The molecule has 0 bridgehead atoms. The summed E-state index contributed by atoms with van der Waals surface area (Å²) in [6.07, 6.45) is 2.16. The van der Waals surface area contributed by atoms with Crippen molar-refractivity contribution in [1.29, 1.82) is 0 Å². The molecule has 1 aromatic heterocycles. The van der Waals surface area contributed by atoms with Gasteiger partial charge in [0.15, 0.2) is 11.6 Å². The van der Waals surface area contributed by atoms with Crippen LogP contribution >= 0.6 is 0 Å². The van der Waals surface area contributed by atoms with E-state index in [0.29, 0.717) is 24.2 Å². The van der Waals surface area contributed by atoms with Gasteiger partial charge in [0.1, 0.15) is 6.61 Å². The van der Waals surface area contributed by atoms with Crippen LogP contribution in [0, 0.1) is 6.92 Å². The lowest BCUT2D eigenvalue weighted by molar-refractivity contribution is 0.302. The van der Waals surface area contributed by atoms with Gasteiger partial charge >= 0.3 is 0 Å². The zero-order chi connectivity index (χ0) is 15.9. The fourth-order valence-corrected chi connectivity index (χ4v) is 2.32. The topological polar surface area (TPSA) is 73.1 Å². The van der Waals surface area contributed by atoms with Gasteiger partial charge in [0, 0.05) is 6.04 Å². The normalized spacial score (nSPS) is 12.0. The predicted molar refractivity (Wildman–Crippen MR) is 89.9 cm³/mol. The molecule has 22 heavy (non-hydrogen) atoms. The van der Waals surface area contributed by atoms with Gasteiger partial charge in [0.2, 0.25) is 5.95 Å². The zero-order valence-corrected chi connectivity index (χ0v) is 13.5. The molecule has 0 amide bonds. The third kappa shape index (κ3) is 4.35. The van der Waals surface area contributed by atoms with Crippen molar-refractivity contribution in [3.8, 4) is 5.75 Å². The second-order valence-corrected chi connectivity index (χ2v) is 5.45. The van der Waals surface area contributed by atoms with Crippen LogP contribution in [0.3, 0.4) is 0 Å². The van der Waals surface area contributed by atoms with Crippen LogP contribution in [-0.4, -0.2) is 16.0 Å². The van der Waals surface area contributed by atoms with Crippen LogP contribution in [0.4, 0.5) is 11.8 Å². The number of ether oxygens (including phenoxy) is 1. The quantitative estimate of drug-likeness (QED) is 0.818. The molecule has 2 rings (SSSR count). The Bertz CT molecular complexity index is 601. The summed E-state index contributed by atoms with van der Waals surface area (Å²) >= 11 is 0. The summed E-state index contributed by atoms with van der Waals surface area (Å²) in [6, 6.07) is 10.3. The Labute approximate surface area is 131 Å². The van der Waals surface area contributed by atoms with Crippen molar-refractivity contribution in [3.63, 3.8) is 0 Å². The predicted octanol–water partition coefficient (Wildman–Crippen LogP) is 3.55. The molecule has 0 saturated heterocycles. The van der Waals surface area contributed by atoms with E-state index in [4.69, 9.17) is 10.5 Å². The largest absolute Gasteiger partial charge is 0.483 e. The first-order valence-corrected chi connectivity index (χ1v) is 7.67. The molecule has 1 aromatic carbocycles. The number of hydrogen-bond acceptors (Lipinski definition) is 5. The fourth-order valence-electron chi connectivity index (χ4n) is 2.32. The number of nitrogens with one attached hydrogen (secondary N) is 1. The zero-order valence-electron chi connectivity index (χ0n) is 13.5. The Morgan fingerprint density at radius 2 is 1.95 bits per heavy atom. The van der Waals surface area contributed by atoms with Crippen LogP contribution in [0.1, 0.15) is 37.9 Å². The lowest BCUT2D eigenvalue weighted by Crippen LogP contribution is -2.18. The van der Waals surface area contributed by atoms with Gasteiger partial charge in [-0.25, -0.2) is 4.98 Å². The number of nitrogen functional groups attached to an aromatic ring is 1. The van der Waals surface area contributed by atoms with Crippen molar-refractivity contribution < 1.29 is 4.74 Å². The van der Waals surface area contributed by atoms with E-state index in [1.165, 1.54) is 0 Å². The van der Waals surface area contributed by atoms with E-state index in [1.54, 1.807) is 0 Å². The lowest BCUT2D eigenvalue weighted by Gasteiger charge is -2.18. The van der Waals surface area contributed by atoms with Crippen LogP contribution in [-0.2, 0) is 6.61 Å². The molecular formula is C17H24N4O. The van der Waals surface area contributed by atoms with E-state index in [2.05, 4.69) is 29.1 Å². The molecule has 0 aliphatic heterocycles. The molecule has 0 saturated carbocycles. The van der Waals surface area contributed by atoms with Crippen molar-refractivity contribution in [3.05, 3.63) is 41.6 Å². The third-order valence-electron chi connectivity index (χ3n) is 3.38. The summed E-state index contributed by atoms with van der Waals surface area (Å²) in [5.74, 6) is 1.60. The molecule has 2 aromatic rings. The fraction of sp³-hybridized carbons (Fsp3) is 0.412. The Kier molecular flexibility index (Phi) is 5.58. The van der Waals surface area contributed by atoms with Gasteiger partial charge in [-0.15, -0.1) is 0 Å². The van der Waals surface area contributed by atoms with E-state index in [0.717, 1.165) is 24.1 Å². The highest BCUT2D eigenvalue weighted by molar-refractivity contribution is 5.55. The molecule has 3 N–H and O–H groups in total. The van der Waals surface area contributed by atoms with Crippen molar-refractivity contribution >= 4 is 11.8 Å². The summed E-state index contributed by atoms with van der Waals surface area (Å²) in [5.41, 5.74) is 7.62. The first-order chi connectivity index (χ1) is 10.6. The molecule has 1 heterocycles. The number of rotatable bonds is 7. The van der Waals surface area contributed by atoms with Crippen molar-refractivity contribution in [2.75, 3.05) is 11.1 Å². The molecule has 0 radical (unpaired) electrons. The third-order valence-corrected chi connectivity index (χ3v) is 3.38. The van der Waals surface area contributed by atoms with Crippen LogP contribution in [0.25, 0.3) is 0 Å². The van der Waals surface area contributed by atoms with Crippen LogP contribution in [0.2, 0.25) is 0 Å². The number of nitrogens with zero attached hydrogens (tertiary/aromatic N) is 2. The second-order valence-electron chi connectivity index (χ2n) is 5.45. The molecule has 0 fully saturated rings. The first kappa shape index (κ1) is 16.1. The Balaban J connectivity index is 2.17. The smallest absolute Gasteiger partial charge is 0.222 e. The molecular weight excluding hydrogens is 276 g/mol. The molecule has 5 nitrogen and oxygen atoms in total. The van der Waals surface area contributed by atoms with Gasteiger partial charge in [-0.3, -0.25) is 0 Å². The Morgan fingerprint density at radius 1 is 1.23 bits per heavy atom. The van der Waals surface area contributed by atoms with E-state index < -0.39 is 0 Å². The van der Waals surface area contributed by atoms with Gasteiger partial charge in [0.05, 0.1) is 5.69 Å². The SMILES string of the molecule is CCCC(C)Nc1nc(N)nc(C)c1OCc1ccccc1. The lowest BCUT2D eigenvalue weighted by atomic mass is 10.2. The van der Waals surface area contributed by atoms with Gasteiger partial charge in [0.25, 0.3) is 0 Å². The molecule has 118 valence electrons. The second kappa shape index (κ2) is 7.64. The summed E-state index contributed by atoms with van der Waals surface area (Å²) in [4.78, 5) is 8.50. The highest BCUT2D eigenvalue weighted by Gasteiger charge is 2.14. The average Bonchev–Trinajstić information content (AvgIpc) is 2.47. The Hall–Kier alpha value is -2.30. The minimum Gasteiger partial charge on any atom is -0.483 e. The highest BCUT2D eigenvalue weighted by Crippen LogP contribution is 2.28. The monoisotopic (exact) mass is 300 g/mol. The molecule has 1 atom stereocenters. The minimum atomic E-state index is 0.260. The number of hydrogen-bond donors (Lipinski definition) is 2. The Morgan fingerprint density at radius 3 is 2.64 bits per heavy atom. The summed E-state index contributed by atoms with van der Waals surface area (Å²) in [6.45, 7) is 6.64. The summed E-state index contributed by atoms with van der Waals surface area (Å²) < 4.78 is 5.94. The van der Waals surface area contributed by atoms with E-state index in [1.807, 2.05) is 37.3 Å². The number of nitrogens with two attached hydrogens (primary N) is 1. The van der Waals surface area contributed by atoms with Crippen LogP contribution in [0.5, 0.6) is 5.75 Å². The minimum absolute atomic E-state index is 0.260. The molecule has 0 aliphatic rings. The van der Waals surface area contributed by atoms with Crippen LogP contribution in [0.15, 0.2) is 30.3 Å². The number of anilines is 2. The molecule has 1 unspecified atom stereocenters. The van der Waals surface area contributed by atoms with E-state index >= 15 is 0 Å². The maximum Gasteiger partial charge on any atom is 0.222 e. The number of aromatic nitrogens is 2. The molecule has 5 heteroatoms. The maximum absolute atomic E-state index is 5.94. The first-order valence-electron chi connectivity index (χ1n) is 7.67. The van der Waals surface area contributed by atoms with Crippen LogP contribution < -0.4 is 15.8 Å². The number of aryl methyl sites for hydroxylation is 1. The van der Waals surface area contributed by atoms with Gasteiger partial charge in [-0.2, -0.15) is 4.98 Å². The van der Waals surface area contributed by atoms with Crippen molar-refractivity contribution in [1.82, 2.24) is 9.97 Å². The maximum atomic E-state index is 5.94. The van der Waals surface area contributed by atoms with Gasteiger partial charge < -0.3 is 15.8 Å². The molecule has 0 aliphatic carbocycles. The number of benzene rings is 1. The van der Waals surface area contributed by atoms with Gasteiger partial charge in [-0.1, -0.05) is 43.7 Å². The van der Waals surface area contributed by atoms with Crippen molar-refractivity contribution in [2.24, 2.45) is 0 Å².